The summed E-state index contributed by atoms with van der Waals surface area (Å²) < 4.78 is 0. The average Bonchev–Trinajstić information content (AvgIpc) is 2.72. The molecule has 6 heteroatoms. The predicted octanol–water partition coefficient (Wildman–Crippen LogP) is 3.75. The summed E-state index contributed by atoms with van der Waals surface area (Å²) in [5, 5.41) is 3.65. The zero-order valence-electron chi connectivity index (χ0n) is 17.2. The van der Waals surface area contributed by atoms with Crippen molar-refractivity contribution in [3.8, 4) is 0 Å². The van der Waals surface area contributed by atoms with Gasteiger partial charge in [-0.3, -0.25) is 9.59 Å². The molecule has 1 unspecified atom stereocenters. The van der Waals surface area contributed by atoms with Crippen molar-refractivity contribution in [3.63, 3.8) is 0 Å². The standard InChI is InChI=1S/C23H28ClN3O2/c1-16(2)21(25-22(28)18-9-7-17(3)8-10-18)23(29)27-13-11-26(12-14-27)20-6-4-5-19(24)15-20/h4-10,15-16,21H,11-14H2,1-3H3,(H,25,28). The van der Waals surface area contributed by atoms with Gasteiger partial charge in [-0.2, -0.15) is 0 Å². The second kappa shape index (κ2) is 9.31. The topological polar surface area (TPSA) is 52.7 Å². The molecule has 2 aromatic rings. The Hall–Kier alpha value is -2.53. The molecule has 1 N–H and O–H groups in total. The third kappa shape index (κ3) is 5.30. The molecule has 0 spiro atoms. The number of benzene rings is 2. The number of amides is 2. The Morgan fingerprint density at radius 2 is 1.66 bits per heavy atom. The van der Waals surface area contributed by atoms with E-state index >= 15 is 0 Å². The number of carbonyl (C=O) groups is 2. The maximum Gasteiger partial charge on any atom is 0.251 e. The molecule has 1 aliphatic heterocycles. The highest BCUT2D eigenvalue weighted by Crippen LogP contribution is 2.21. The van der Waals surface area contributed by atoms with Gasteiger partial charge in [-0.1, -0.05) is 49.2 Å². The molecule has 3 rings (SSSR count). The van der Waals surface area contributed by atoms with Gasteiger partial charge < -0.3 is 15.1 Å². The molecule has 29 heavy (non-hydrogen) atoms. The molecule has 0 saturated carbocycles. The van der Waals surface area contributed by atoms with Crippen LogP contribution in [0, 0.1) is 12.8 Å². The highest BCUT2D eigenvalue weighted by molar-refractivity contribution is 6.30. The lowest BCUT2D eigenvalue weighted by molar-refractivity contribution is -0.134. The number of anilines is 1. The van der Waals surface area contributed by atoms with Crippen LogP contribution in [-0.4, -0.2) is 48.9 Å². The van der Waals surface area contributed by atoms with Gasteiger partial charge in [-0.15, -0.1) is 0 Å². The van der Waals surface area contributed by atoms with E-state index < -0.39 is 6.04 Å². The maximum atomic E-state index is 13.1. The molecule has 1 fully saturated rings. The van der Waals surface area contributed by atoms with Crippen molar-refractivity contribution < 1.29 is 9.59 Å². The van der Waals surface area contributed by atoms with E-state index in [1.54, 1.807) is 12.1 Å². The summed E-state index contributed by atoms with van der Waals surface area (Å²) in [7, 11) is 0. The van der Waals surface area contributed by atoms with E-state index in [2.05, 4.69) is 10.2 Å². The number of carbonyl (C=O) groups excluding carboxylic acids is 2. The summed E-state index contributed by atoms with van der Waals surface area (Å²) in [5.41, 5.74) is 2.73. The number of piperazine rings is 1. The van der Waals surface area contributed by atoms with Crippen molar-refractivity contribution in [2.45, 2.75) is 26.8 Å². The third-order valence-corrected chi connectivity index (χ3v) is 5.53. The van der Waals surface area contributed by atoms with Crippen LogP contribution < -0.4 is 10.2 Å². The van der Waals surface area contributed by atoms with Crippen LogP contribution in [0.15, 0.2) is 48.5 Å². The van der Waals surface area contributed by atoms with Gasteiger partial charge in [0.25, 0.3) is 5.91 Å². The van der Waals surface area contributed by atoms with Crippen molar-refractivity contribution in [1.82, 2.24) is 10.2 Å². The third-order valence-electron chi connectivity index (χ3n) is 5.30. The van der Waals surface area contributed by atoms with E-state index in [4.69, 9.17) is 11.6 Å². The number of nitrogens with one attached hydrogen (secondary N) is 1. The summed E-state index contributed by atoms with van der Waals surface area (Å²) >= 11 is 6.10. The van der Waals surface area contributed by atoms with Crippen LogP contribution in [0.2, 0.25) is 5.02 Å². The van der Waals surface area contributed by atoms with Gasteiger partial charge in [0.1, 0.15) is 6.04 Å². The van der Waals surface area contributed by atoms with E-state index in [1.165, 1.54) is 0 Å². The van der Waals surface area contributed by atoms with E-state index in [9.17, 15) is 9.59 Å². The molecular weight excluding hydrogens is 386 g/mol. The van der Waals surface area contributed by atoms with Crippen molar-refractivity contribution in [3.05, 3.63) is 64.7 Å². The van der Waals surface area contributed by atoms with Crippen LogP contribution in [-0.2, 0) is 4.79 Å². The Kier molecular flexibility index (Phi) is 6.80. The molecule has 0 bridgehead atoms. The number of hydrogen-bond donors (Lipinski definition) is 1. The van der Waals surface area contributed by atoms with Gasteiger partial charge in [0.2, 0.25) is 5.91 Å². The highest BCUT2D eigenvalue weighted by atomic mass is 35.5. The second-order valence-electron chi connectivity index (χ2n) is 7.85. The minimum absolute atomic E-state index is 0.00265. The monoisotopic (exact) mass is 413 g/mol. The fraction of sp³-hybridized carbons (Fsp3) is 0.391. The number of aryl methyl sites for hydroxylation is 1. The molecule has 2 amide bonds. The van der Waals surface area contributed by atoms with Crippen molar-refractivity contribution >= 4 is 29.1 Å². The van der Waals surface area contributed by atoms with Gasteiger partial charge in [0.15, 0.2) is 0 Å². The smallest absolute Gasteiger partial charge is 0.251 e. The summed E-state index contributed by atoms with van der Waals surface area (Å²) in [6.45, 7) is 8.61. The lowest BCUT2D eigenvalue weighted by Crippen LogP contribution is -2.56. The molecular formula is C23H28ClN3O2. The van der Waals surface area contributed by atoms with Crippen LogP contribution in [0.4, 0.5) is 5.69 Å². The van der Waals surface area contributed by atoms with E-state index in [0.29, 0.717) is 23.7 Å². The first-order chi connectivity index (χ1) is 13.8. The summed E-state index contributed by atoms with van der Waals surface area (Å²) in [5.74, 6) is -0.233. The molecule has 1 aliphatic rings. The highest BCUT2D eigenvalue weighted by Gasteiger charge is 2.31. The van der Waals surface area contributed by atoms with Crippen LogP contribution in [0.25, 0.3) is 0 Å². The fourth-order valence-electron chi connectivity index (χ4n) is 3.50. The largest absolute Gasteiger partial charge is 0.368 e. The van der Waals surface area contributed by atoms with Crippen LogP contribution in [0.5, 0.6) is 0 Å². The van der Waals surface area contributed by atoms with Gasteiger partial charge in [0.05, 0.1) is 0 Å². The molecule has 154 valence electrons. The van der Waals surface area contributed by atoms with Crippen molar-refractivity contribution in [2.75, 3.05) is 31.1 Å². The van der Waals surface area contributed by atoms with Gasteiger partial charge in [0, 0.05) is 42.5 Å². The van der Waals surface area contributed by atoms with Crippen LogP contribution in [0.1, 0.15) is 29.8 Å². The first kappa shape index (κ1) is 21.2. The number of nitrogens with zero attached hydrogens (tertiary/aromatic N) is 2. The van der Waals surface area contributed by atoms with Crippen LogP contribution >= 0.6 is 11.6 Å². The van der Waals surface area contributed by atoms with Gasteiger partial charge in [-0.05, 0) is 43.2 Å². The van der Waals surface area contributed by atoms with Crippen LogP contribution in [0.3, 0.4) is 0 Å². The normalized spacial score (nSPS) is 15.3. The Bertz CT molecular complexity index is 859. The molecule has 0 aromatic heterocycles. The molecule has 1 heterocycles. The summed E-state index contributed by atoms with van der Waals surface area (Å²) in [6.07, 6.45) is 0. The molecule has 1 saturated heterocycles. The number of hydrogen-bond acceptors (Lipinski definition) is 3. The average molecular weight is 414 g/mol. The van der Waals surface area contributed by atoms with Crippen molar-refractivity contribution in [2.24, 2.45) is 5.92 Å². The molecule has 0 radical (unpaired) electrons. The van der Waals surface area contributed by atoms with Crippen molar-refractivity contribution in [1.29, 1.82) is 0 Å². The molecule has 0 aliphatic carbocycles. The first-order valence-electron chi connectivity index (χ1n) is 10.0. The Morgan fingerprint density at radius 1 is 1.00 bits per heavy atom. The zero-order valence-corrected chi connectivity index (χ0v) is 17.9. The lowest BCUT2D eigenvalue weighted by Gasteiger charge is -2.38. The Labute approximate surface area is 177 Å². The molecule has 1 atom stereocenters. The van der Waals surface area contributed by atoms with E-state index in [1.807, 2.05) is 62.1 Å². The Balaban J connectivity index is 1.62. The van der Waals surface area contributed by atoms with E-state index in [0.717, 1.165) is 24.3 Å². The van der Waals surface area contributed by atoms with Gasteiger partial charge in [-0.25, -0.2) is 0 Å². The lowest BCUT2D eigenvalue weighted by atomic mass is 10.0. The summed E-state index contributed by atoms with van der Waals surface area (Å²) in [6, 6.07) is 14.6. The molecule has 5 nitrogen and oxygen atoms in total. The first-order valence-corrected chi connectivity index (χ1v) is 10.4. The number of rotatable bonds is 5. The predicted molar refractivity (Wildman–Crippen MR) is 118 cm³/mol. The quantitative estimate of drug-likeness (QED) is 0.812. The fourth-order valence-corrected chi connectivity index (χ4v) is 3.68. The SMILES string of the molecule is Cc1ccc(C(=O)NC(C(=O)N2CCN(c3cccc(Cl)c3)CC2)C(C)C)cc1. The minimum Gasteiger partial charge on any atom is -0.368 e. The maximum absolute atomic E-state index is 13.1. The minimum atomic E-state index is -0.540. The van der Waals surface area contributed by atoms with Gasteiger partial charge >= 0.3 is 0 Å². The Morgan fingerprint density at radius 3 is 2.24 bits per heavy atom. The summed E-state index contributed by atoms with van der Waals surface area (Å²) in [4.78, 5) is 29.8. The zero-order chi connectivity index (χ0) is 21.0. The second-order valence-corrected chi connectivity index (χ2v) is 8.29. The molecule has 2 aromatic carbocycles. The van der Waals surface area contributed by atoms with E-state index in [-0.39, 0.29) is 17.7 Å². The number of halogens is 1.